The highest BCUT2D eigenvalue weighted by atomic mass is 35.5. The highest BCUT2D eigenvalue weighted by molar-refractivity contribution is 6.37. The Balaban J connectivity index is 2.33. The van der Waals surface area contributed by atoms with E-state index >= 15 is 0 Å². The van der Waals surface area contributed by atoms with E-state index < -0.39 is 5.97 Å². The normalized spacial score (nSPS) is 14.7. The van der Waals surface area contributed by atoms with Crippen molar-refractivity contribution in [3.05, 3.63) is 41.2 Å². The molecule has 1 heterocycles. The van der Waals surface area contributed by atoms with Gasteiger partial charge in [-0.05, 0) is 25.1 Å². The van der Waals surface area contributed by atoms with Crippen LogP contribution >= 0.6 is 11.6 Å². The van der Waals surface area contributed by atoms with E-state index in [1.54, 1.807) is 31.2 Å². The Morgan fingerprint density at radius 3 is 2.95 bits per heavy atom. The maximum Gasteiger partial charge on any atom is 0.354 e. The van der Waals surface area contributed by atoms with E-state index in [1.165, 1.54) is 11.1 Å². The second-order valence-corrected chi connectivity index (χ2v) is 4.20. The van der Waals surface area contributed by atoms with Crippen molar-refractivity contribution in [2.45, 2.75) is 13.3 Å². The average molecular weight is 281 g/mol. The molecule has 2 rings (SSSR count). The fraction of sp³-hybridized carbons (Fsp3) is 0.231. The van der Waals surface area contributed by atoms with E-state index in [1.807, 2.05) is 0 Å². The van der Waals surface area contributed by atoms with Gasteiger partial charge in [-0.3, -0.25) is 0 Å². The van der Waals surface area contributed by atoms with E-state index in [-0.39, 0.29) is 24.6 Å². The van der Waals surface area contributed by atoms with Gasteiger partial charge in [-0.1, -0.05) is 23.7 Å². The summed E-state index contributed by atoms with van der Waals surface area (Å²) >= 11 is 6.05. The van der Waals surface area contributed by atoms with Gasteiger partial charge in [0, 0.05) is 6.42 Å². The van der Waals surface area contributed by atoms with Crippen molar-refractivity contribution >= 4 is 29.0 Å². The molecule has 1 aliphatic rings. The molecular formula is C13H13ClN2O3. The number of hydrogen-bond acceptors (Lipinski definition) is 5. The van der Waals surface area contributed by atoms with Crippen molar-refractivity contribution in [3.8, 4) is 0 Å². The van der Waals surface area contributed by atoms with Crippen molar-refractivity contribution in [1.82, 2.24) is 0 Å². The largest absolute Gasteiger partial charge is 0.493 e. The number of esters is 1. The lowest BCUT2D eigenvalue weighted by molar-refractivity contribution is -0.135. The zero-order valence-corrected chi connectivity index (χ0v) is 11.1. The summed E-state index contributed by atoms with van der Waals surface area (Å²) in [6.45, 7) is 2.00. The van der Waals surface area contributed by atoms with Crippen molar-refractivity contribution in [2.24, 2.45) is 5.10 Å². The van der Waals surface area contributed by atoms with Crippen LogP contribution in [0.25, 0.3) is 0 Å². The Labute approximate surface area is 115 Å². The van der Waals surface area contributed by atoms with Crippen molar-refractivity contribution in [3.63, 3.8) is 0 Å². The van der Waals surface area contributed by atoms with Gasteiger partial charge in [0.25, 0.3) is 0 Å². The Bertz CT molecular complexity index is 555. The molecule has 0 spiro atoms. The predicted octanol–water partition coefficient (Wildman–Crippen LogP) is 2.87. The molecule has 1 aromatic rings. The maximum absolute atomic E-state index is 11.6. The van der Waals surface area contributed by atoms with Gasteiger partial charge in [-0.15, -0.1) is 0 Å². The number of rotatable bonds is 3. The molecule has 0 atom stereocenters. The molecule has 0 saturated heterocycles. The molecule has 0 amide bonds. The third kappa shape index (κ3) is 2.88. The maximum atomic E-state index is 11.6. The van der Waals surface area contributed by atoms with Gasteiger partial charge in [0.2, 0.25) is 5.88 Å². The monoisotopic (exact) mass is 280 g/mol. The minimum atomic E-state index is -0.497. The Morgan fingerprint density at radius 1 is 1.53 bits per heavy atom. The summed E-state index contributed by atoms with van der Waals surface area (Å²) in [6, 6.07) is 6.91. The van der Waals surface area contributed by atoms with Gasteiger partial charge in [-0.25, -0.2) is 4.79 Å². The lowest BCUT2D eigenvalue weighted by atomic mass is 10.2. The topological polar surface area (TPSA) is 62.1 Å². The van der Waals surface area contributed by atoms with E-state index in [9.17, 15) is 9.90 Å². The molecule has 6 heteroatoms. The zero-order chi connectivity index (χ0) is 13.8. The van der Waals surface area contributed by atoms with Crippen LogP contribution in [0.15, 0.2) is 41.3 Å². The van der Waals surface area contributed by atoms with Crippen LogP contribution in [0.2, 0.25) is 5.02 Å². The number of halogens is 1. The minimum Gasteiger partial charge on any atom is -0.493 e. The van der Waals surface area contributed by atoms with Crippen LogP contribution < -0.4 is 5.01 Å². The van der Waals surface area contributed by atoms with Crippen LogP contribution in [-0.4, -0.2) is 23.4 Å². The first-order chi connectivity index (χ1) is 9.13. The number of benzene rings is 1. The van der Waals surface area contributed by atoms with E-state index in [2.05, 4.69) is 5.10 Å². The van der Waals surface area contributed by atoms with Crippen molar-refractivity contribution in [2.75, 3.05) is 11.6 Å². The van der Waals surface area contributed by atoms with Gasteiger partial charge < -0.3 is 9.84 Å². The number of nitrogens with zero attached hydrogens (tertiary/aromatic N) is 2. The summed E-state index contributed by atoms with van der Waals surface area (Å²) in [7, 11) is 0. The third-order valence-corrected chi connectivity index (χ3v) is 2.83. The number of aliphatic hydroxyl groups excluding tert-OH is 1. The number of anilines is 1. The number of para-hydroxylation sites is 1. The van der Waals surface area contributed by atoms with Gasteiger partial charge in [0.15, 0.2) is 5.71 Å². The van der Waals surface area contributed by atoms with Crippen LogP contribution in [0.4, 0.5) is 5.69 Å². The van der Waals surface area contributed by atoms with Gasteiger partial charge in [0.1, 0.15) is 0 Å². The second-order valence-electron chi connectivity index (χ2n) is 3.80. The molecule has 0 fully saturated rings. The predicted molar refractivity (Wildman–Crippen MR) is 73.3 cm³/mol. The first-order valence-electron chi connectivity index (χ1n) is 5.82. The Kier molecular flexibility index (Phi) is 4.06. The molecule has 1 N–H and O–H groups in total. The summed E-state index contributed by atoms with van der Waals surface area (Å²) in [5.74, 6) is -0.565. The van der Waals surface area contributed by atoms with Crippen LogP contribution in [0.1, 0.15) is 13.3 Å². The second kappa shape index (κ2) is 5.75. The first-order valence-corrected chi connectivity index (χ1v) is 6.19. The number of hydrogen-bond donors (Lipinski definition) is 1. The number of aliphatic hydroxyl groups is 1. The lowest BCUT2D eigenvalue weighted by Crippen LogP contribution is -2.28. The lowest BCUT2D eigenvalue weighted by Gasteiger charge is -2.23. The van der Waals surface area contributed by atoms with Crippen LogP contribution in [-0.2, 0) is 9.53 Å². The third-order valence-electron chi connectivity index (χ3n) is 2.51. The molecule has 1 aliphatic heterocycles. The number of carbonyl (C=O) groups excluding carboxylic acids is 1. The molecular weight excluding hydrogens is 268 g/mol. The summed E-state index contributed by atoms with van der Waals surface area (Å²) < 4.78 is 4.89. The highest BCUT2D eigenvalue weighted by Crippen LogP contribution is 2.29. The fourth-order valence-corrected chi connectivity index (χ4v) is 1.84. The molecule has 1 aromatic carbocycles. The molecule has 0 bridgehead atoms. The molecule has 0 radical (unpaired) electrons. The van der Waals surface area contributed by atoms with E-state index in [0.29, 0.717) is 10.7 Å². The molecule has 0 saturated carbocycles. The van der Waals surface area contributed by atoms with Gasteiger partial charge in [-0.2, -0.15) is 10.1 Å². The van der Waals surface area contributed by atoms with Crippen LogP contribution in [0.5, 0.6) is 0 Å². The number of ether oxygens (including phenoxy) is 1. The summed E-state index contributed by atoms with van der Waals surface area (Å²) in [5, 5.41) is 15.6. The average Bonchev–Trinajstić information content (AvgIpc) is 2.40. The van der Waals surface area contributed by atoms with Gasteiger partial charge in [0.05, 0.1) is 17.3 Å². The van der Waals surface area contributed by atoms with Gasteiger partial charge >= 0.3 is 5.97 Å². The number of hydrazone groups is 1. The molecule has 19 heavy (non-hydrogen) atoms. The van der Waals surface area contributed by atoms with Crippen molar-refractivity contribution < 1.29 is 14.6 Å². The van der Waals surface area contributed by atoms with Crippen LogP contribution in [0, 0.1) is 0 Å². The summed E-state index contributed by atoms with van der Waals surface area (Å²) in [4.78, 5) is 11.6. The smallest absolute Gasteiger partial charge is 0.354 e. The minimum absolute atomic E-state index is 0.0684. The number of carbonyl (C=O) groups is 1. The van der Waals surface area contributed by atoms with Crippen molar-refractivity contribution in [1.29, 1.82) is 0 Å². The Hall–Kier alpha value is -2.01. The first kappa shape index (κ1) is 13.4. The Morgan fingerprint density at radius 2 is 2.26 bits per heavy atom. The molecule has 0 aromatic heterocycles. The molecule has 0 aliphatic carbocycles. The highest BCUT2D eigenvalue weighted by Gasteiger charge is 2.22. The number of allylic oxidation sites excluding steroid dienone is 1. The van der Waals surface area contributed by atoms with Crippen LogP contribution in [0.3, 0.4) is 0 Å². The zero-order valence-electron chi connectivity index (χ0n) is 10.3. The molecule has 5 nitrogen and oxygen atoms in total. The molecule has 0 unspecified atom stereocenters. The van der Waals surface area contributed by atoms with E-state index in [4.69, 9.17) is 16.3 Å². The SMILES string of the molecule is CCOC(=O)C1=NN(c2ccccc2Cl)C(O)=CC1. The van der Waals surface area contributed by atoms with E-state index in [0.717, 1.165) is 0 Å². The summed E-state index contributed by atoms with van der Waals surface area (Å²) in [6.07, 6.45) is 1.72. The standard InChI is InChI=1S/C13H13ClN2O3/c1-2-19-13(18)10-7-8-12(17)16(15-10)11-6-4-3-5-9(11)14/h3-6,8,17H,2,7H2,1H3. The quantitative estimate of drug-likeness (QED) is 0.865. The molecule has 100 valence electrons. The summed E-state index contributed by atoms with van der Waals surface area (Å²) in [5.41, 5.74) is 0.721. The fourth-order valence-electron chi connectivity index (χ4n) is 1.63.